The summed E-state index contributed by atoms with van der Waals surface area (Å²) < 4.78 is 35.9. The summed E-state index contributed by atoms with van der Waals surface area (Å²) in [6.45, 7) is 11.1. The van der Waals surface area contributed by atoms with Crippen LogP contribution in [0, 0.1) is 20.2 Å². The minimum atomic E-state index is -1.19. The molecule has 0 spiro atoms. The third-order valence-corrected chi connectivity index (χ3v) is 9.76. The summed E-state index contributed by atoms with van der Waals surface area (Å²) in [4.78, 5) is 74.0. The van der Waals surface area contributed by atoms with Crippen LogP contribution in [-0.4, -0.2) is 127 Å². The number of ether oxygens (including phenoxy) is 7. The van der Waals surface area contributed by atoms with Crippen LogP contribution in [0.4, 0.5) is 0 Å². The number of carbonyl (C=O) groups is 4. The molecule has 0 aliphatic carbocycles. The molecule has 0 radical (unpaired) electrons. The van der Waals surface area contributed by atoms with Gasteiger partial charge in [0.2, 0.25) is 0 Å². The van der Waals surface area contributed by atoms with Crippen molar-refractivity contribution in [3.8, 4) is 0 Å². The van der Waals surface area contributed by atoms with Crippen molar-refractivity contribution in [1.82, 2.24) is 0 Å². The Kier molecular flexibility index (Phi) is 22.0. The van der Waals surface area contributed by atoms with Gasteiger partial charge in [-0.05, 0) is 23.9 Å². The largest absolute Gasteiger partial charge is 1.00 e. The number of hydrogen-bond donors (Lipinski definition) is 0. The molecule has 3 aliphatic heterocycles. The molecule has 22 heteroatoms. The predicted molar refractivity (Wildman–Crippen MR) is 161 cm³/mol. The van der Waals surface area contributed by atoms with Gasteiger partial charge >= 0.3 is 46.3 Å². The van der Waals surface area contributed by atoms with Gasteiger partial charge < -0.3 is 55.5 Å². The summed E-state index contributed by atoms with van der Waals surface area (Å²) >= 11 is 5.11. The van der Waals surface area contributed by atoms with Crippen LogP contribution in [0.15, 0.2) is 0 Å². The quantitative estimate of drug-likeness (QED) is 0.0506. The Balaban J connectivity index is 0.000000788. The fourth-order valence-corrected chi connectivity index (χ4v) is 6.39. The van der Waals surface area contributed by atoms with E-state index in [2.05, 4.69) is 30.4 Å². The van der Waals surface area contributed by atoms with Crippen molar-refractivity contribution >= 4 is 44.4 Å². The number of nitrogens with zero attached hydrogens (tertiary/aromatic N) is 2. The Bertz CT molecular complexity index is 1040. The van der Waals surface area contributed by atoms with Crippen LogP contribution < -0.4 is 0 Å². The van der Waals surface area contributed by atoms with Gasteiger partial charge in [-0.15, -0.1) is 28.2 Å². The van der Waals surface area contributed by atoms with E-state index in [0.29, 0.717) is 7.92 Å². The average Bonchev–Trinajstić information content (AvgIpc) is 3.54. The van der Waals surface area contributed by atoms with Gasteiger partial charge in [-0.3, -0.25) is 19.2 Å². The number of hydrogen-bond acceptors (Lipinski definition) is 18. The fourth-order valence-electron chi connectivity index (χ4n) is 4.69. The van der Waals surface area contributed by atoms with E-state index in [-0.39, 0.29) is 42.2 Å². The van der Waals surface area contributed by atoms with Crippen molar-refractivity contribution in [1.29, 1.82) is 0 Å². The molecule has 9 atom stereocenters. The Morgan fingerprint density at radius 3 is 1.46 bits per heavy atom. The fraction of sp³-hybridized carbons (Fsp3) is 0.846. The molecule has 0 aromatic heterocycles. The van der Waals surface area contributed by atoms with Crippen molar-refractivity contribution in [2.75, 3.05) is 38.3 Å². The first-order valence-electron chi connectivity index (χ1n) is 14.6. The normalized spacial score (nSPS) is 28.4. The van der Waals surface area contributed by atoms with Gasteiger partial charge in [0.15, 0.2) is 24.4 Å². The average molecular weight is 915 g/mol. The molecule has 0 N–H and O–H groups in total. The molecule has 0 aromatic rings. The standard InChI is InChI=1S/C14H20O9S.C6H8N2O8.C6H15P.Au/c1-6(15)19-5-10-11(20-7(2)16)12(21-8(3)17)13(14(24)23-10)22-9(4)18;9-7(10)15-3-1-13-6-4(16-8(11)12)2-14-5(3)6;1-4-7(5-2)6-3;/h10-14,24H,5H2,1-4H3;3-6H,1-2H2;4-6H2,1-3H3;/q;;;+1/p-1/t10-,11-,12+,13-,14+;3-,4+,5-,6-;;/m11../s1. The molecule has 3 aliphatic rings. The molecule has 48 heavy (non-hydrogen) atoms. The molecule has 0 amide bonds. The Morgan fingerprint density at radius 1 is 0.729 bits per heavy atom. The van der Waals surface area contributed by atoms with Gasteiger partial charge in [0.25, 0.3) is 10.2 Å². The Labute approximate surface area is 299 Å². The smallest absolute Gasteiger partial charge is 0.757 e. The molecule has 280 valence electrons. The van der Waals surface area contributed by atoms with Gasteiger partial charge in [-0.25, -0.2) is 0 Å². The van der Waals surface area contributed by atoms with Crippen molar-refractivity contribution in [3.05, 3.63) is 20.2 Å². The third-order valence-electron chi connectivity index (χ3n) is 6.70. The Morgan fingerprint density at radius 2 is 1.12 bits per heavy atom. The number of carbonyl (C=O) groups excluding carboxylic acids is 4. The maximum Gasteiger partial charge on any atom is 1.00 e. The van der Waals surface area contributed by atoms with Crippen molar-refractivity contribution in [3.63, 3.8) is 0 Å². The molecule has 3 fully saturated rings. The first kappa shape index (κ1) is 45.7. The first-order chi connectivity index (χ1) is 22.0. The molecule has 3 heterocycles. The van der Waals surface area contributed by atoms with Crippen molar-refractivity contribution < 1.29 is 94.6 Å². The van der Waals surface area contributed by atoms with E-state index in [9.17, 15) is 39.4 Å². The molecule has 0 aromatic carbocycles. The minimum Gasteiger partial charge on any atom is -0.757 e. The second-order valence-electron chi connectivity index (χ2n) is 10.0. The van der Waals surface area contributed by atoms with Crippen LogP contribution in [0.1, 0.15) is 48.5 Å². The van der Waals surface area contributed by atoms with E-state index in [1.165, 1.54) is 25.4 Å². The van der Waals surface area contributed by atoms with E-state index < -0.39 is 88.3 Å². The van der Waals surface area contributed by atoms with Crippen molar-refractivity contribution in [2.24, 2.45) is 0 Å². The summed E-state index contributed by atoms with van der Waals surface area (Å²) in [6.07, 6.45) is -3.34. The SMILES string of the molecule is CC(=O)OC[C@H]1O[C@@H]([S-])[C@H](OC(C)=O)[C@@H](OC(C)=O)[C@@H]1OC(C)=O.CCP(CC)CC.O=[N+]([O-])O[C@H]1CO[C@H]2[C@@H]1OC[C@H]2O[N+](=O)[O-].[Au+]. The third kappa shape index (κ3) is 15.9. The summed E-state index contributed by atoms with van der Waals surface area (Å²) in [5.74, 6) is -2.62. The molecule has 3 rings (SSSR count). The molecule has 19 nitrogen and oxygen atoms in total. The topological polar surface area (TPSA) is 238 Å². The summed E-state index contributed by atoms with van der Waals surface area (Å²) in [5, 5.41) is 18.4. The van der Waals surface area contributed by atoms with Gasteiger partial charge in [0.1, 0.15) is 31.0 Å². The minimum absolute atomic E-state index is 0. The van der Waals surface area contributed by atoms with E-state index in [1.54, 1.807) is 0 Å². The van der Waals surface area contributed by atoms with E-state index in [4.69, 9.17) is 45.8 Å². The molecular weight excluding hydrogens is 872 g/mol. The van der Waals surface area contributed by atoms with Gasteiger partial charge in [-0.2, -0.15) is 0 Å². The van der Waals surface area contributed by atoms with Crippen LogP contribution >= 0.6 is 7.92 Å². The summed E-state index contributed by atoms with van der Waals surface area (Å²) in [7, 11) is 0.446. The maximum atomic E-state index is 11.4. The molecular formula is C26H42AuN2O17PS. The van der Waals surface area contributed by atoms with Crippen LogP contribution in [0.5, 0.6) is 0 Å². The number of fused-ring (bicyclic) bond motifs is 1. The van der Waals surface area contributed by atoms with Crippen LogP contribution in [0.3, 0.4) is 0 Å². The second kappa shape index (κ2) is 23.2. The zero-order chi connectivity index (χ0) is 35.8. The van der Waals surface area contributed by atoms with Gasteiger partial charge in [0.05, 0.1) is 13.2 Å². The summed E-state index contributed by atoms with van der Waals surface area (Å²) in [6, 6.07) is 0. The van der Waals surface area contributed by atoms with E-state index in [1.807, 2.05) is 0 Å². The van der Waals surface area contributed by atoms with Crippen LogP contribution in [0.2, 0.25) is 0 Å². The van der Waals surface area contributed by atoms with Gasteiger partial charge in [0, 0.05) is 27.7 Å². The number of rotatable bonds is 12. The van der Waals surface area contributed by atoms with Crippen LogP contribution in [0.25, 0.3) is 0 Å². The molecule has 0 saturated carbocycles. The number of esters is 4. The summed E-state index contributed by atoms with van der Waals surface area (Å²) in [5.41, 5.74) is -1.09. The van der Waals surface area contributed by atoms with Crippen LogP contribution in [-0.2, 0) is 97.0 Å². The van der Waals surface area contributed by atoms with E-state index >= 15 is 0 Å². The van der Waals surface area contributed by atoms with Crippen molar-refractivity contribution in [2.45, 2.75) is 103 Å². The van der Waals surface area contributed by atoms with Gasteiger partial charge in [-0.1, -0.05) is 20.8 Å². The second-order valence-corrected chi connectivity index (χ2v) is 13.7. The predicted octanol–water partition coefficient (Wildman–Crippen LogP) is 1.08. The molecule has 0 unspecified atom stereocenters. The zero-order valence-electron chi connectivity index (χ0n) is 27.4. The monoisotopic (exact) mass is 914 g/mol. The first-order valence-corrected chi connectivity index (χ1v) is 16.9. The molecule has 0 bridgehead atoms. The molecule has 3 saturated heterocycles. The zero-order valence-corrected chi connectivity index (χ0v) is 31.3. The van der Waals surface area contributed by atoms with E-state index in [0.717, 1.165) is 20.8 Å². The maximum absolute atomic E-state index is 11.4. The Hall–Kier alpha value is -2.32.